The van der Waals surface area contributed by atoms with Crippen LogP contribution in [-0.2, 0) is 4.74 Å². The molecule has 94 valence electrons. The van der Waals surface area contributed by atoms with E-state index in [4.69, 9.17) is 4.74 Å². The number of rotatable bonds is 4. The number of Topliss-reactive ketones (excluding diaryl/α,β-unsaturated/α-hetero) is 1. The van der Waals surface area contributed by atoms with E-state index in [1.54, 1.807) is 7.11 Å². The van der Waals surface area contributed by atoms with Gasteiger partial charge in [-0.25, -0.2) is 0 Å². The first kappa shape index (κ1) is 12.8. The molecule has 2 heteroatoms. The zero-order valence-corrected chi connectivity index (χ0v) is 10.8. The number of allylic oxidation sites excluding steroid dienone is 2. The zero-order chi connectivity index (χ0) is 13.0. The van der Waals surface area contributed by atoms with E-state index in [2.05, 4.69) is 0 Å². The van der Waals surface area contributed by atoms with Crippen molar-refractivity contribution >= 4 is 5.78 Å². The molecule has 0 amide bonds. The maximum Gasteiger partial charge on any atom is 0.172 e. The fraction of sp³-hybridized carbons (Fsp3) is 0.312. The lowest BCUT2D eigenvalue weighted by Gasteiger charge is -2.35. The van der Waals surface area contributed by atoms with Crippen molar-refractivity contribution in [1.29, 1.82) is 0 Å². The van der Waals surface area contributed by atoms with Crippen molar-refractivity contribution in [2.24, 2.45) is 5.92 Å². The van der Waals surface area contributed by atoms with Crippen molar-refractivity contribution in [3.63, 3.8) is 0 Å². The number of carbonyl (C=O) groups excluding carboxylic acids is 1. The van der Waals surface area contributed by atoms with E-state index in [1.807, 2.05) is 61.6 Å². The van der Waals surface area contributed by atoms with Crippen LogP contribution in [0.4, 0.5) is 0 Å². The summed E-state index contributed by atoms with van der Waals surface area (Å²) in [5.41, 5.74) is 0.221. The predicted octanol–water partition coefficient (Wildman–Crippen LogP) is 3.41. The Hall–Kier alpha value is -1.67. The van der Waals surface area contributed by atoms with Gasteiger partial charge in [-0.3, -0.25) is 4.79 Å². The summed E-state index contributed by atoms with van der Waals surface area (Å²) in [6.07, 6.45) is 8.55. The van der Waals surface area contributed by atoms with Gasteiger partial charge in [0.05, 0.1) is 11.5 Å². The van der Waals surface area contributed by atoms with Crippen LogP contribution in [0.3, 0.4) is 0 Å². The second-order valence-electron chi connectivity index (χ2n) is 4.46. The summed E-state index contributed by atoms with van der Waals surface area (Å²) < 4.78 is 5.62. The smallest absolute Gasteiger partial charge is 0.172 e. The Morgan fingerprint density at radius 3 is 2.61 bits per heavy atom. The van der Waals surface area contributed by atoms with E-state index in [0.717, 1.165) is 12.0 Å². The Kier molecular flexibility index (Phi) is 3.78. The van der Waals surface area contributed by atoms with Gasteiger partial charge < -0.3 is 4.74 Å². The molecule has 0 fully saturated rings. The molecular formula is C16H18O2. The van der Waals surface area contributed by atoms with Crippen molar-refractivity contribution < 1.29 is 9.53 Å². The molecule has 1 aliphatic rings. The van der Waals surface area contributed by atoms with Gasteiger partial charge >= 0.3 is 0 Å². The molecule has 0 aromatic heterocycles. The largest absolute Gasteiger partial charge is 0.373 e. The molecule has 1 aliphatic carbocycles. The maximum absolute atomic E-state index is 12.6. The van der Waals surface area contributed by atoms with Crippen LogP contribution in [0.1, 0.15) is 23.7 Å². The zero-order valence-electron chi connectivity index (χ0n) is 10.8. The average molecular weight is 242 g/mol. The van der Waals surface area contributed by atoms with Crippen LogP contribution in [0.2, 0.25) is 0 Å². The van der Waals surface area contributed by atoms with Gasteiger partial charge in [-0.1, -0.05) is 61.6 Å². The molecule has 0 radical (unpaired) electrons. The van der Waals surface area contributed by atoms with E-state index >= 15 is 0 Å². The summed E-state index contributed by atoms with van der Waals surface area (Å²) >= 11 is 0. The monoisotopic (exact) mass is 242 g/mol. The van der Waals surface area contributed by atoms with Crippen molar-refractivity contribution in [1.82, 2.24) is 0 Å². The Balaban J connectivity index is 2.34. The topological polar surface area (TPSA) is 26.3 Å². The molecule has 18 heavy (non-hydrogen) atoms. The number of hydrogen-bond donors (Lipinski definition) is 0. The van der Waals surface area contributed by atoms with E-state index < -0.39 is 5.60 Å². The number of ether oxygens (including phenoxy) is 1. The number of ketones is 1. The third-order valence-corrected chi connectivity index (χ3v) is 3.59. The molecule has 0 bridgehead atoms. The van der Waals surface area contributed by atoms with Crippen molar-refractivity contribution in [3.05, 3.63) is 60.2 Å². The van der Waals surface area contributed by atoms with Gasteiger partial charge in [-0.05, 0) is 6.42 Å². The minimum atomic E-state index is -0.512. The molecule has 0 aliphatic heterocycles. The fourth-order valence-corrected chi connectivity index (χ4v) is 2.43. The summed E-state index contributed by atoms with van der Waals surface area (Å²) in [5.74, 6) is -0.139. The summed E-state index contributed by atoms with van der Waals surface area (Å²) in [6.45, 7) is 2.04. The molecule has 0 spiro atoms. The molecule has 2 unspecified atom stereocenters. The SMILES string of the molecule is CCC1(OC)C=CC=CC1C(=O)c1ccccc1. The summed E-state index contributed by atoms with van der Waals surface area (Å²) in [5, 5.41) is 0. The molecule has 1 aromatic carbocycles. The summed E-state index contributed by atoms with van der Waals surface area (Å²) in [4.78, 5) is 12.6. The minimum absolute atomic E-state index is 0.111. The summed E-state index contributed by atoms with van der Waals surface area (Å²) in [6, 6.07) is 9.39. The molecule has 2 rings (SSSR count). The number of hydrogen-bond acceptors (Lipinski definition) is 2. The first-order chi connectivity index (χ1) is 8.73. The van der Waals surface area contributed by atoms with Gasteiger partial charge in [-0.15, -0.1) is 0 Å². The van der Waals surface area contributed by atoms with E-state index in [-0.39, 0.29) is 11.7 Å². The fourth-order valence-electron chi connectivity index (χ4n) is 2.43. The Labute approximate surface area is 108 Å². The van der Waals surface area contributed by atoms with Crippen molar-refractivity contribution in [2.45, 2.75) is 18.9 Å². The molecule has 0 saturated carbocycles. The molecule has 0 heterocycles. The first-order valence-electron chi connectivity index (χ1n) is 6.24. The quantitative estimate of drug-likeness (QED) is 0.756. The van der Waals surface area contributed by atoms with Crippen molar-refractivity contribution in [3.8, 4) is 0 Å². The van der Waals surface area contributed by atoms with Gasteiger partial charge in [0.15, 0.2) is 5.78 Å². The standard InChI is InChI=1S/C16H18O2/c1-3-16(18-2)12-8-7-11-14(16)15(17)13-9-5-4-6-10-13/h4-12,14H,3H2,1-2H3. The Morgan fingerprint density at radius 2 is 2.00 bits per heavy atom. The van der Waals surface area contributed by atoms with Crippen LogP contribution in [0, 0.1) is 5.92 Å². The van der Waals surface area contributed by atoms with E-state index in [1.165, 1.54) is 0 Å². The normalized spacial score (nSPS) is 26.2. The van der Waals surface area contributed by atoms with Gasteiger partial charge in [0, 0.05) is 12.7 Å². The van der Waals surface area contributed by atoms with Crippen LogP contribution < -0.4 is 0 Å². The highest BCUT2D eigenvalue weighted by Gasteiger charge is 2.39. The van der Waals surface area contributed by atoms with Crippen LogP contribution in [0.25, 0.3) is 0 Å². The molecular weight excluding hydrogens is 224 g/mol. The number of methoxy groups -OCH3 is 1. The molecule has 1 aromatic rings. The lowest BCUT2D eigenvalue weighted by Crippen LogP contribution is -2.42. The number of carbonyl (C=O) groups is 1. The lowest BCUT2D eigenvalue weighted by molar-refractivity contribution is -0.00160. The van der Waals surface area contributed by atoms with E-state index in [9.17, 15) is 4.79 Å². The maximum atomic E-state index is 12.6. The minimum Gasteiger partial charge on any atom is -0.373 e. The summed E-state index contributed by atoms with van der Waals surface area (Å²) in [7, 11) is 1.66. The first-order valence-corrected chi connectivity index (χ1v) is 6.24. The van der Waals surface area contributed by atoms with E-state index in [0.29, 0.717) is 0 Å². The third kappa shape index (κ3) is 2.16. The van der Waals surface area contributed by atoms with Crippen LogP contribution in [0.5, 0.6) is 0 Å². The molecule has 2 atom stereocenters. The molecule has 2 nitrogen and oxygen atoms in total. The Bertz CT molecular complexity index is 467. The molecule has 0 N–H and O–H groups in total. The highest BCUT2D eigenvalue weighted by atomic mass is 16.5. The number of benzene rings is 1. The van der Waals surface area contributed by atoms with Gasteiger partial charge in [-0.2, -0.15) is 0 Å². The van der Waals surface area contributed by atoms with Crippen LogP contribution in [-0.4, -0.2) is 18.5 Å². The van der Waals surface area contributed by atoms with Gasteiger partial charge in [0.1, 0.15) is 0 Å². The van der Waals surface area contributed by atoms with Crippen LogP contribution in [0.15, 0.2) is 54.6 Å². The van der Waals surface area contributed by atoms with Gasteiger partial charge in [0.2, 0.25) is 0 Å². The molecule has 0 saturated heterocycles. The van der Waals surface area contributed by atoms with Crippen LogP contribution >= 0.6 is 0 Å². The van der Waals surface area contributed by atoms with Crippen molar-refractivity contribution in [2.75, 3.05) is 7.11 Å². The second-order valence-corrected chi connectivity index (χ2v) is 4.46. The third-order valence-electron chi connectivity index (χ3n) is 3.59. The van der Waals surface area contributed by atoms with Gasteiger partial charge in [0.25, 0.3) is 0 Å². The highest BCUT2D eigenvalue weighted by molar-refractivity contribution is 6.00. The predicted molar refractivity (Wildman–Crippen MR) is 72.6 cm³/mol. The Morgan fingerprint density at radius 1 is 1.28 bits per heavy atom. The average Bonchev–Trinajstić information content (AvgIpc) is 2.47. The second kappa shape index (κ2) is 5.32. The highest BCUT2D eigenvalue weighted by Crippen LogP contribution is 2.33. The lowest BCUT2D eigenvalue weighted by atomic mass is 9.77.